The van der Waals surface area contributed by atoms with Crippen LogP contribution in [0.25, 0.3) is 0 Å². The van der Waals surface area contributed by atoms with Gasteiger partial charge < -0.3 is 27.9 Å². The summed E-state index contributed by atoms with van der Waals surface area (Å²) in [6.07, 6.45) is 28.4. The Kier molecular flexibility index (Phi) is 30.0. The summed E-state index contributed by atoms with van der Waals surface area (Å²) in [6.45, 7) is 4.14. The molecule has 0 rings (SSSR count). The van der Waals surface area contributed by atoms with Crippen LogP contribution in [0.3, 0.4) is 0 Å². The Morgan fingerprint density at radius 1 is 0.638 bits per heavy atom. The lowest BCUT2D eigenvalue weighted by molar-refractivity contribution is -0.870. The second-order valence-electron chi connectivity index (χ2n) is 13.9. The fraction of sp³-hybridized carbons (Fsp3) is 0.892. The molecule has 0 fully saturated rings. The Bertz CT molecular complexity index is 830. The molecule has 0 bridgehead atoms. The first-order chi connectivity index (χ1) is 22.5. The lowest BCUT2D eigenvalue weighted by Crippen LogP contribution is -2.37. The van der Waals surface area contributed by atoms with Crippen LogP contribution in [-0.2, 0) is 32.7 Å². The van der Waals surface area contributed by atoms with Crippen molar-refractivity contribution in [2.24, 2.45) is 0 Å². The van der Waals surface area contributed by atoms with Crippen molar-refractivity contribution in [2.75, 3.05) is 47.5 Å². The summed E-state index contributed by atoms with van der Waals surface area (Å²) >= 11 is 0. The summed E-state index contributed by atoms with van der Waals surface area (Å²) in [7, 11) is 1.16. The molecule has 9 nitrogen and oxygen atoms in total. The van der Waals surface area contributed by atoms with Gasteiger partial charge in [0.05, 0.1) is 27.7 Å². The van der Waals surface area contributed by atoms with Crippen molar-refractivity contribution >= 4 is 19.8 Å². The Hall–Kier alpha value is -1.25. The number of phosphoric acid groups is 1. The molecule has 0 spiro atoms. The summed E-state index contributed by atoms with van der Waals surface area (Å²) in [5, 5.41) is 0. The van der Waals surface area contributed by atoms with E-state index in [0.717, 1.165) is 51.4 Å². The van der Waals surface area contributed by atoms with E-state index in [4.69, 9.17) is 18.5 Å². The van der Waals surface area contributed by atoms with Gasteiger partial charge in [-0.15, -0.1) is 0 Å². The van der Waals surface area contributed by atoms with Crippen molar-refractivity contribution < 1.29 is 42.1 Å². The fourth-order valence-corrected chi connectivity index (χ4v) is 5.73. The molecule has 0 amide bonds. The predicted molar refractivity (Wildman–Crippen MR) is 190 cm³/mol. The highest BCUT2D eigenvalue weighted by Crippen LogP contribution is 2.38. The zero-order valence-electron chi connectivity index (χ0n) is 31.0. The summed E-state index contributed by atoms with van der Waals surface area (Å²) in [4.78, 5) is 37.1. The van der Waals surface area contributed by atoms with Crippen molar-refractivity contribution in [1.29, 1.82) is 0 Å². The molecule has 0 saturated carbocycles. The number of carbonyl (C=O) groups is 2. The Labute approximate surface area is 288 Å². The first-order valence-electron chi connectivity index (χ1n) is 18.9. The van der Waals surface area contributed by atoms with Gasteiger partial charge in [0.15, 0.2) is 6.10 Å². The van der Waals surface area contributed by atoms with Crippen LogP contribution >= 0.6 is 7.82 Å². The molecule has 0 aliphatic carbocycles. The van der Waals surface area contributed by atoms with Gasteiger partial charge in [-0.3, -0.25) is 14.2 Å². The van der Waals surface area contributed by atoms with Gasteiger partial charge in [0.1, 0.15) is 19.8 Å². The number of hydrogen-bond acceptors (Lipinski definition) is 8. The third kappa shape index (κ3) is 34.4. The SMILES string of the molecule is CCCCCCCC/C=C\CCCCCCCCCC(=O)OC(COC(=O)CCCCCCCC)COP(=O)([O-])OCC[N+](C)(C)C. The van der Waals surface area contributed by atoms with Crippen LogP contribution in [-0.4, -0.2) is 70.0 Å². The number of hydrogen-bond donors (Lipinski definition) is 0. The third-order valence-corrected chi connectivity index (χ3v) is 9.00. The number of esters is 2. The number of quaternary nitrogens is 1. The Morgan fingerprint density at radius 2 is 1.09 bits per heavy atom. The van der Waals surface area contributed by atoms with Crippen molar-refractivity contribution in [3.05, 3.63) is 12.2 Å². The quantitative estimate of drug-likeness (QED) is 0.0216. The van der Waals surface area contributed by atoms with E-state index >= 15 is 0 Å². The van der Waals surface area contributed by atoms with Crippen molar-refractivity contribution in [3.8, 4) is 0 Å². The molecule has 0 radical (unpaired) electrons. The van der Waals surface area contributed by atoms with Gasteiger partial charge in [0.25, 0.3) is 7.82 Å². The van der Waals surface area contributed by atoms with Crippen molar-refractivity contribution in [1.82, 2.24) is 0 Å². The number of nitrogens with zero attached hydrogens (tertiary/aromatic N) is 1. The van der Waals surface area contributed by atoms with E-state index in [0.29, 0.717) is 17.4 Å². The first kappa shape index (κ1) is 45.8. The highest BCUT2D eigenvalue weighted by atomic mass is 31.2. The average molecular weight is 690 g/mol. The van der Waals surface area contributed by atoms with Gasteiger partial charge in [-0.25, -0.2) is 0 Å². The van der Waals surface area contributed by atoms with Crippen LogP contribution in [0.15, 0.2) is 12.2 Å². The number of unbranched alkanes of at least 4 members (excludes halogenated alkanes) is 18. The number of rotatable bonds is 34. The summed E-state index contributed by atoms with van der Waals surface area (Å²) in [5.41, 5.74) is 0. The summed E-state index contributed by atoms with van der Waals surface area (Å²) in [6, 6.07) is 0. The number of ether oxygens (including phenoxy) is 2. The Balaban J connectivity index is 4.32. The number of carbonyl (C=O) groups excluding carboxylic acids is 2. The molecule has 0 heterocycles. The molecule has 0 aliphatic heterocycles. The number of likely N-dealkylation sites (N-methyl/N-ethyl adjacent to an activating group) is 1. The lowest BCUT2D eigenvalue weighted by atomic mass is 10.1. The summed E-state index contributed by atoms with van der Waals surface area (Å²) in [5.74, 6) is -0.847. The molecule has 2 unspecified atom stereocenters. The topological polar surface area (TPSA) is 111 Å². The Morgan fingerprint density at radius 3 is 1.57 bits per heavy atom. The molecule has 0 aromatic heterocycles. The third-order valence-electron chi connectivity index (χ3n) is 8.04. The smallest absolute Gasteiger partial charge is 0.306 e. The molecule has 0 aliphatic rings. The molecule has 10 heteroatoms. The second-order valence-corrected chi connectivity index (χ2v) is 15.4. The first-order valence-corrected chi connectivity index (χ1v) is 20.4. The molecule has 0 saturated heterocycles. The van der Waals surface area contributed by atoms with Crippen LogP contribution in [0.5, 0.6) is 0 Å². The van der Waals surface area contributed by atoms with Gasteiger partial charge in [-0.2, -0.15) is 0 Å². The minimum atomic E-state index is -4.61. The van der Waals surface area contributed by atoms with Crippen LogP contribution < -0.4 is 4.89 Å². The van der Waals surface area contributed by atoms with Gasteiger partial charge in [-0.05, 0) is 38.5 Å². The number of phosphoric ester groups is 1. The van der Waals surface area contributed by atoms with E-state index in [1.807, 2.05) is 21.1 Å². The second kappa shape index (κ2) is 30.8. The highest BCUT2D eigenvalue weighted by Gasteiger charge is 2.21. The van der Waals surface area contributed by atoms with E-state index in [9.17, 15) is 19.0 Å². The fourth-order valence-electron chi connectivity index (χ4n) is 5.00. The largest absolute Gasteiger partial charge is 0.756 e. The maximum atomic E-state index is 12.6. The molecule has 0 aromatic carbocycles. The molecular formula is C37H72NO8P. The van der Waals surface area contributed by atoms with E-state index < -0.39 is 32.5 Å². The van der Waals surface area contributed by atoms with E-state index in [1.165, 1.54) is 77.0 Å². The normalized spacial score (nSPS) is 13.9. The van der Waals surface area contributed by atoms with E-state index in [2.05, 4.69) is 26.0 Å². The zero-order chi connectivity index (χ0) is 35.1. The molecule has 0 N–H and O–H groups in total. The molecule has 278 valence electrons. The minimum absolute atomic E-state index is 0.0294. The van der Waals surface area contributed by atoms with Gasteiger partial charge >= 0.3 is 11.9 Å². The van der Waals surface area contributed by atoms with E-state index in [1.54, 1.807) is 0 Å². The monoisotopic (exact) mass is 689 g/mol. The summed E-state index contributed by atoms with van der Waals surface area (Å²) < 4.78 is 33.6. The zero-order valence-corrected chi connectivity index (χ0v) is 31.9. The maximum absolute atomic E-state index is 12.6. The minimum Gasteiger partial charge on any atom is -0.756 e. The molecule has 47 heavy (non-hydrogen) atoms. The molecular weight excluding hydrogens is 617 g/mol. The van der Waals surface area contributed by atoms with Crippen molar-refractivity contribution in [2.45, 2.75) is 168 Å². The standard InChI is InChI=1S/C37H72NO8P/c1-6-8-10-12-14-15-16-17-18-19-20-21-22-23-24-26-28-30-37(40)46-35(33-43-36(39)29-27-25-13-11-9-7-2)34-45-47(41,42)44-32-31-38(3,4)5/h17-18,35H,6-16,19-34H2,1-5H3/b18-17-. The van der Waals surface area contributed by atoms with Crippen LogP contribution in [0, 0.1) is 0 Å². The van der Waals surface area contributed by atoms with Gasteiger partial charge in [0.2, 0.25) is 0 Å². The lowest BCUT2D eigenvalue weighted by Gasteiger charge is -2.28. The predicted octanol–water partition coefficient (Wildman–Crippen LogP) is 9.22. The maximum Gasteiger partial charge on any atom is 0.306 e. The van der Waals surface area contributed by atoms with Gasteiger partial charge in [-0.1, -0.05) is 122 Å². The average Bonchev–Trinajstić information content (AvgIpc) is 3.01. The molecule has 0 aromatic rings. The van der Waals surface area contributed by atoms with Crippen LogP contribution in [0.4, 0.5) is 0 Å². The van der Waals surface area contributed by atoms with Crippen LogP contribution in [0.1, 0.15) is 162 Å². The van der Waals surface area contributed by atoms with E-state index in [-0.39, 0.29) is 26.1 Å². The van der Waals surface area contributed by atoms with Crippen LogP contribution in [0.2, 0.25) is 0 Å². The van der Waals surface area contributed by atoms with Crippen molar-refractivity contribution in [3.63, 3.8) is 0 Å². The van der Waals surface area contributed by atoms with Gasteiger partial charge in [0, 0.05) is 12.8 Å². The highest BCUT2D eigenvalue weighted by molar-refractivity contribution is 7.45. The number of allylic oxidation sites excluding steroid dienone is 2. The molecule has 2 atom stereocenters.